The summed E-state index contributed by atoms with van der Waals surface area (Å²) in [7, 11) is 0. The zero-order valence-corrected chi connectivity index (χ0v) is 13.6. The fourth-order valence-corrected chi connectivity index (χ4v) is 3.45. The lowest BCUT2D eigenvalue weighted by molar-refractivity contribution is -0.143. The monoisotopic (exact) mass is 333 g/mol. The first-order valence-corrected chi connectivity index (χ1v) is 8.54. The van der Waals surface area contributed by atoms with E-state index in [1.807, 2.05) is 6.07 Å². The molecule has 0 radical (unpaired) electrons. The van der Waals surface area contributed by atoms with Gasteiger partial charge < -0.3 is 19.9 Å². The lowest BCUT2D eigenvalue weighted by atomic mass is 9.86. The number of carboxylic acid groups (broad SMARTS) is 1. The second-order valence-electron chi connectivity index (χ2n) is 6.47. The molecule has 0 spiro atoms. The summed E-state index contributed by atoms with van der Waals surface area (Å²) in [6, 6.07) is 5.14. The number of fused-ring (bicyclic) bond motifs is 1. The van der Waals surface area contributed by atoms with E-state index < -0.39 is 11.9 Å². The van der Waals surface area contributed by atoms with Gasteiger partial charge in [0.2, 0.25) is 12.7 Å². The van der Waals surface area contributed by atoms with Gasteiger partial charge in [-0.3, -0.25) is 9.59 Å². The predicted octanol–water partition coefficient (Wildman–Crippen LogP) is 2.50. The van der Waals surface area contributed by atoms with Crippen LogP contribution < -0.4 is 14.8 Å². The van der Waals surface area contributed by atoms with Crippen molar-refractivity contribution in [3.63, 3.8) is 0 Å². The first-order valence-electron chi connectivity index (χ1n) is 8.54. The van der Waals surface area contributed by atoms with Crippen LogP contribution in [0.4, 0.5) is 0 Å². The molecule has 24 heavy (non-hydrogen) atoms. The molecule has 1 aromatic rings. The van der Waals surface area contributed by atoms with Crippen molar-refractivity contribution in [3.8, 4) is 11.5 Å². The predicted molar refractivity (Wildman–Crippen MR) is 87.0 cm³/mol. The first-order chi connectivity index (χ1) is 11.6. The van der Waals surface area contributed by atoms with Crippen LogP contribution in [0.1, 0.15) is 44.1 Å². The Bertz CT molecular complexity index is 615. The van der Waals surface area contributed by atoms with Crippen molar-refractivity contribution < 1.29 is 24.2 Å². The van der Waals surface area contributed by atoms with Crippen LogP contribution in [-0.2, 0) is 16.0 Å². The van der Waals surface area contributed by atoms with E-state index in [1.54, 1.807) is 12.1 Å². The molecule has 1 aliphatic carbocycles. The molecule has 1 aromatic carbocycles. The molecule has 0 bridgehead atoms. The van der Waals surface area contributed by atoms with E-state index in [2.05, 4.69) is 5.32 Å². The zero-order chi connectivity index (χ0) is 16.9. The fourth-order valence-electron chi connectivity index (χ4n) is 3.45. The number of amides is 1. The maximum atomic E-state index is 12.4. The number of carbonyl (C=O) groups is 2. The maximum Gasteiger partial charge on any atom is 0.308 e. The molecule has 1 fully saturated rings. The molecule has 2 atom stereocenters. The van der Waals surface area contributed by atoms with E-state index in [1.165, 1.54) is 0 Å². The SMILES string of the molecule is O=C(Cc1ccc2c(c1)OCO2)NC1CCCCCCC1C(=O)O. The third-order valence-corrected chi connectivity index (χ3v) is 4.73. The summed E-state index contributed by atoms with van der Waals surface area (Å²) in [6.45, 7) is 0.202. The van der Waals surface area contributed by atoms with E-state index in [0.29, 0.717) is 17.9 Å². The van der Waals surface area contributed by atoms with Crippen molar-refractivity contribution in [2.45, 2.75) is 51.0 Å². The second-order valence-corrected chi connectivity index (χ2v) is 6.47. The number of carboxylic acids is 1. The molecular weight excluding hydrogens is 310 g/mol. The minimum Gasteiger partial charge on any atom is -0.481 e. The Morgan fingerprint density at radius 3 is 2.62 bits per heavy atom. The molecular formula is C18H23NO5. The number of ether oxygens (including phenoxy) is 2. The molecule has 130 valence electrons. The van der Waals surface area contributed by atoms with Gasteiger partial charge in [-0.25, -0.2) is 0 Å². The van der Waals surface area contributed by atoms with Gasteiger partial charge in [-0.05, 0) is 30.5 Å². The summed E-state index contributed by atoms with van der Waals surface area (Å²) in [5.41, 5.74) is 0.828. The van der Waals surface area contributed by atoms with E-state index in [-0.39, 0.29) is 25.2 Å². The molecule has 2 unspecified atom stereocenters. The van der Waals surface area contributed by atoms with Crippen LogP contribution in [0.15, 0.2) is 18.2 Å². The molecule has 1 aliphatic heterocycles. The molecule has 2 N–H and O–H groups in total. The summed E-state index contributed by atoms with van der Waals surface area (Å²) in [4.78, 5) is 23.9. The Hall–Kier alpha value is -2.24. The first kappa shape index (κ1) is 16.6. The standard InChI is InChI=1S/C18H23NO5/c20-17(10-12-7-8-15-16(9-12)24-11-23-15)19-14-6-4-2-1-3-5-13(14)18(21)22/h7-9,13-14H,1-6,10-11H2,(H,19,20)(H,21,22). The van der Waals surface area contributed by atoms with Crippen molar-refractivity contribution in [1.82, 2.24) is 5.32 Å². The lowest BCUT2D eigenvalue weighted by Crippen LogP contribution is -2.44. The van der Waals surface area contributed by atoms with Crippen LogP contribution in [-0.4, -0.2) is 29.8 Å². The quantitative estimate of drug-likeness (QED) is 0.884. The largest absolute Gasteiger partial charge is 0.481 e. The number of benzene rings is 1. The van der Waals surface area contributed by atoms with Crippen molar-refractivity contribution in [3.05, 3.63) is 23.8 Å². The third-order valence-electron chi connectivity index (χ3n) is 4.73. The highest BCUT2D eigenvalue weighted by molar-refractivity contribution is 5.80. The minimum atomic E-state index is -0.815. The van der Waals surface area contributed by atoms with Gasteiger partial charge in [0.25, 0.3) is 0 Å². The Kier molecular flexibility index (Phi) is 5.23. The molecule has 2 aliphatic rings. The van der Waals surface area contributed by atoms with Crippen LogP contribution >= 0.6 is 0 Å². The summed E-state index contributed by atoms with van der Waals surface area (Å²) < 4.78 is 10.6. The molecule has 6 nitrogen and oxygen atoms in total. The van der Waals surface area contributed by atoms with Gasteiger partial charge in [0, 0.05) is 6.04 Å². The van der Waals surface area contributed by atoms with E-state index in [9.17, 15) is 14.7 Å². The zero-order valence-electron chi connectivity index (χ0n) is 13.6. The molecule has 1 heterocycles. The molecule has 1 saturated carbocycles. The summed E-state index contributed by atoms with van der Waals surface area (Å²) in [5.74, 6) is -0.123. The van der Waals surface area contributed by atoms with Gasteiger partial charge in [0.15, 0.2) is 11.5 Å². The lowest BCUT2D eigenvalue weighted by Gasteiger charge is -2.27. The van der Waals surface area contributed by atoms with Crippen LogP contribution in [0, 0.1) is 5.92 Å². The number of hydrogen-bond acceptors (Lipinski definition) is 4. The average Bonchev–Trinajstić information content (AvgIpc) is 2.97. The summed E-state index contributed by atoms with van der Waals surface area (Å²) in [5, 5.41) is 12.4. The van der Waals surface area contributed by atoms with Gasteiger partial charge in [0.1, 0.15) is 0 Å². The number of aliphatic carboxylic acids is 1. The number of nitrogens with one attached hydrogen (secondary N) is 1. The number of rotatable bonds is 4. The number of hydrogen-bond donors (Lipinski definition) is 2. The Morgan fingerprint density at radius 1 is 1.08 bits per heavy atom. The van der Waals surface area contributed by atoms with Gasteiger partial charge in [-0.15, -0.1) is 0 Å². The van der Waals surface area contributed by atoms with Crippen LogP contribution in [0.25, 0.3) is 0 Å². The minimum absolute atomic E-state index is 0.148. The normalized spacial score (nSPS) is 23.2. The highest BCUT2D eigenvalue weighted by atomic mass is 16.7. The van der Waals surface area contributed by atoms with Crippen molar-refractivity contribution in [1.29, 1.82) is 0 Å². The second kappa shape index (κ2) is 7.55. The van der Waals surface area contributed by atoms with Gasteiger partial charge in [0.05, 0.1) is 12.3 Å². The summed E-state index contributed by atoms with van der Waals surface area (Å²) >= 11 is 0. The molecule has 6 heteroatoms. The topological polar surface area (TPSA) is 84.9 Å². The Balaban J connectivity index is 1.62. The Morgan fingerprint density at radius 2 is 1.83 bits per heavy atom. The van der Waals surface area contributed by atoms with Crippen LogP contribution in [0.2, 0.25) is 0 Å². The van der Waals surface area contributed by atoms with Crippen molar-refractivity contribution in [2.75, 3.05) is 6.79 Å². The van der Waals surface area contributed by atoms with Crippen LogP contribution in [0.5, 0.6) is 11.5 Å². The maximum absolute atomic E-state index is 12.4. The average molecular weight is 333 g/mol. The van der Waals surface area contributed by atoms with E-state index in [4.69, 9.17) is 9.47 Å². The van der Waals surface area contributed by atoms with Crippen molar-refractivity contribution >= 4 is 11.9 Å². The van der Waals surface area contributed by atoms with Gasteiger partial charge >= 0.3 is 5.97 Å². The highest BCUT2D eigenvalue weighted by Gasteiger charge is 2.29. The third kappa shape index (κ3) is 3.99. The van der Waals surface area contributed by atoms with E-state index in [0.717, 1.165) is 37.7 Å². The van der Waals surface area contributed by atoms with Crippen LogP contribution in [0.3, 0.4) is 0 Å². The van der Waals surface area contributed by atoms with Gasteiger partial charge in [-0.2, -0.15) is 0 Å². The van der Waals surface area contributed by atoms with Crippen molar-refractivity contribution in [2.24, 2.45) is 5.92 Å². The molecule has 3 rings (SSSR count). The Labute approximate surface area is 141 Å². The molecule has 1 amide bonds. The van der Waals surface area contributed by atoms with Gasteiger partial charge in [-0.1, -0.05) is 31.7 Å². The molecule has 0 saturated heterocycles. The smallest absolute Gasteiger partial charge is 0.308 e. The summed E-state index contributed by atoms with van der Waals surface area (Å²) in [6.07, 6.45) is 5.60. The number of carbonyl (C=O) groups excluding carboxylic acids is 1. The molecule has 0 aromatic heterocycles. The fraction of sp³-hybridized carbons (Fsp3) is 0.556. The highest BCUT2D eigenvalue weighted by Crippen LogP contribution is 2.32. The van der Waals surface area contributed by atoms with E-state index >= 15 is 0 Å².